The van der Waals surface area contributed by atoms with Crippen molar-refractivity contribution in [2.75, 3.05) is 5.32 Å². The van der Waals surface area contributed by atoms with Gasteiger partial charge in [0.25, 0.3) is 5.91 Å². The molecule has 35 heavy (non-hydrogen) atoms. The highest BCUT2D eigenvalue weighted by Gasteiger charge is 2.30. The number of aromatic amines is 1. The molecule has 0 saturated heterocycles. The van der Waals surface area contributed by atoms with E-state index in [1.165, 1.54) is 25.1 Å². The summed E-state index contributed by atoms with van der Waals surface area (Å²) in [6.45, 7) is 1.39. The van der Waals surface area contributed by atoms with Gasteiger partial charge in [0.05, 0.1) is 5.56 Å². The summed E-state index contributed by atoms with van der Waals surface area (Å²) in [5.41, 5.74) is 1.41. The van der Waals surface area contributed by atoms with Crippen molar-refractivity contribution in [3.05, 3.63) is 111 Å². The van der Waals surface area contributed by atoms with Gasteiger partial charge in [-0.2, -0.15) is 0 Å². The molecule has 0 saturated carbocycles. The third-order valence-electron chi connectivity index (χ3n) is 5.82. The van der Waals surface area contributed by atoms with Crippen LogP contribution in [-0.4, -0.2) is 34.5 Å². The molecule has 0 bridgehead atoms. The Morgan fingerprint density at radius 1 is 0.800 bits per heavy atom. The molecule has 1 aromatic heterocycles. The van der Waals surface area contributed by atoms with Gasteiger partial charge in [-0.25, -0.2) is 4.79 Å². The summed E-state index contributed by atoms with van der Waals surface area (Å²) in [7, 11) is 0. The van der Waals surface area contributed by atoms with Crippen molar-refractivity contribution in [2.45, 2.75) is 13.0 Å². The lowest BCUT2D eigenvalue weighted by molar-refractivity contribution is -0.123. The minimum Gasteiger partial charge on any atom is -0.449 e. The van der Waals surface area contributed by atoms with Crippen LogP contribution in [-0.2, 0) is 9.53 Å². The van der Waals surface area contributed by atoms with Crippen LogP contribution in [0.25, 0.3) is 10.9 Å². The zero-order valence-corrected chi connectivity index (χ0v) is 18.5. The van der Waals surface area contributed by atoms with E-state index in [1.54, 1.807) is 48.5 Å². The Labute approximate surface area is 198 Å². The molecule has 1 unspecified atom stereocenters. The quantitative estimate of drug-likeness (QED) is 0.391. The van der Waals surface area contributed by atoms with Crippen molar-refractivity contribution in [1.29, 1.82) is 0 Å². The van der Waals surface area contributed by atoms with Crippen LogP contribution in [0.15, 0.2) is 77.6 Å². The number of para-hydroxylation sites is 1. The first-order valence-electron chi connectivity index (χ1n) is 10.8. The number of ketones is 2. The largest absolute Gasteiger partial charge is 0.449 e. The summed E-state index contributed by atoms with van der Waals surface area (Å²) >= 11 is 0. The fourth-order valence-electron chi connectivity index (χ4n) is 4.07. The number of hydrogen-bond acceptors (Lipinski definition) is 6. The van der Waals surface area contributed by atoms with E-state index in [0.717, 1.165) is 6.07 Å². The number of carbonyl (C=O) groups is 4. The molecule has 1 aliphatic carbocycles. The van der Waals surface area contributed by atoms with E-state index >= 15 is 0 Å². The van der Waals surface area contributed by atoms with Crippen LogP contribution in [0.3, 0.4) is 0 Å². The average molecular weight is 466 g/mol. The van der Waals surface area contributed by atoms with Gasteiger partial charge in [0.15, 0.2) is 17.7 Å². The molecular formula is C27H18N2O6. The summed E-state index contributed by atoms with van der Waals surface area (Å²) < 4.78 is 5.31. The highest BCUT2D eigenvalue weighted by Crippen LogP contribution is 2.29. The van der Waals surface area contributed by atoms with E-state index < -0.39 is 23.5 Å². The maximum Gasteiger partial charge on any atom is 0.339 e. The van der Waals surface area contributed by atoms with Gasteiger partial charge in [0.1, 0.15) is 0 Å². The second-order valence-electron chi connectivity index (χ2n) is 8.09. The highest BCUT2D eigenvalue weighted by atomic mass is 16.5. The number of aromatic nitrogens is 1. The molecule has 1 heterocycles. The van der Waals surface area contributed by atoms with Crippen LogP contribution in [0.5, 0.6) is 0 Å². The Bertz CT molecular complexity index is 1620. The van der Waals surface area contributed by atoms with E-state index in [-0.39, 0.29) is 33.9 Å². The van der Waals surface area contributed by atoms with Crippen LogP contribution in [0.2, 0.25) is 0 Å². The number of H-pyrrole nitrogens is 1. The number of benzene rings is 3. The van der Waals surface area contributed by atoms with Crippen LogP contribution < -0.4 is 10.9 Å². The molecule has 0 radical (unpaired) electrons. The first-order valence-corrected chi connectivity index (χ1v) is 10.8. The SMILES string of the molecule is CC(OC(=O)c1cc(=O)[nH]c2ccccc12)C(=O)Nc1ccc2c(c1)C(=O)c1ccccc1C2=O. The average Bonchev–Trinajstić information content (AvgIpc) is 2.86. The molecule has 0 spiro atoms. The van der Waals surface area contributed by atoms with Crippen LogP contribution in [0.1, 0.15) is 49.1 Å². The van der Waals surface area contributed by atoms with Gasteiger partial charge in [-0.15, -0.1) is 0 Å². The number of anilines is 1. The number of ether oxygens (including phenoxy) is 1. The predicted octanol–water partition coefficient (Wildman–Crippen LogP) is 3.49. The lowest BCUT2D eigenvalue weighted by Gasteiger charge is -2.19. The number of rotatable bonds is 4. The Kier molecular flexibility index (Phi) is 5.33. The molecule has 8 heteroatoms. The topological polar surface area (TPSA) is 122 Å². The zero-order valence-electron chi connectivity index (χ0n) is 18.5. The van der Waals surface area contributed by atoms with Gasteiger partial charge < -0.3 is 15.0 Å². The van der Waals surface area contributed by atoms with Crippen molar-refractivity contribution in [3.63, 3.8) is 0 Å². The summed E-state index contributed by atoms with van der Waals surface area (Å²) in [6, 6.07) is 18.9. The van der Waals surface area contributed by atoms with E-state index in [4.69, 9.17) is 4.74 Å². The molecule has 1 amide bonds. The second kappa shape index (κ2) is 8.49. The van der Waals surface area contributed by atoms with Crippen LogP contribution >= 0.6 is 0 Å². The minimum atomic E-state index is -1.20. The first kappa shape index (κ1) is 22.0. The number of hydrogen-bond donors (Lipinski definition) is 2. The van der Waals surface area contributed by atoms with Crippen LogP contribution in [0, 0.1) is 0 Å². The van der Waals surface area contributed by atoms with Crippen molar-refractivity contribution in [2.24, 2.45) is 0 Å². The van der Waals surface area contributed by atoms with Crippen molar-refractivity contribution >= 4 is 40.0 Å². The van der Waals surface area contributed by atoms with Gasteiger partial charge in [0.2, 0.25) is 5.56 Å². The minimum absolute atomic E-state index is 0.0422. The van der Waals surface area contributed by atoms with Crippen molar-refractivity contribution in [1.82, 2.24) is 4.98 Å². The molecule has 172 valence electrons. The molecule has 2 N–H and O–H groups in total. The fraction of sp³-hybridized carbons (Fsp3) is 0.0741. The summed E-state index contributed by atoms with van der Waals surface area (Å²) in [5.74, 6) is -2.03. The third kappa shape index (κ3) is 3.91. The van der Waals surface area contributed by atoms with Gasteiger partial charge in [-0.3, -0.25) is 19.2 Å². The molecule has 3 aromatic carbocycles. The summed E-state index contributed by atoms with van der Waals surface area (Å²) in [4.78, 5) is 65.6. The van der Waals surface area contributed by atoms with Gasteiger partial charge in [0, 0.05) is 44.9 Å². The highest BCUT2D eigenvalue weighted by molar-refractivity contribution is 6.28. The normalized spacial score (nSPS) is 13.1. The van der Waals surface area contributed by atoms with Crippen molar-refractivity contribution < 1.29 is 23.9 Å². The Morgan fingerprint density at radius 2 is 1.43 bits per heavy atom. The number of nitrogens with one attached hydrogen (secondary N) is 2. The van der Waals surface area contributed by atoms with E-state index in [0.29, 0.717) is 22.0 Å². The zero-order chi connectivity index (χ0) is 24.7. The van der Waals surface area contributed by atoms with Crippen LogP contribution in [0.4, 0.5) is 5.69 Å². The lowest BCUT2D eigenvalue weighted by Crippen LogP contribution is -2.30. The summed E-state index contributed by atoms with van der Waals surface area (Å²) in [5, 5.41) is 3.10. The first-order chi connectivity index (χ1) is 16.8. The monoisotopic (exact) mass is 466 g/mol. The number of carbonyl (C=O) groups excluding carboxylic acids is 4. The standard InChI is InChI=1S/C27H18N2O6/c1-14(35-27(34)21-13-23(30)29-22-9-5-4-6-16(21)22)26(33)28-15-10-11-19-20(12-15)25(32)18-8-3-2-7-17(18)24(19)31/h2-14H,1H3,(H,28,33)(H,29,30). The number of fused-ring (bicyclic) bond motifs is 3. The van der Waals surface area contributed by atoms with E-state index in [9.17, 15) is 24.0 Å². The molecule has 0 fully saturated rings. The van der Waals surface area contributed by atoms with E-state index in [1.807, 2.05) is 0 Å². The Hall–Kier alpha value is -4.85. The third-order valence-corrected chi connectivity index (χ3v) is 5.82. The molecular weight excluding hydrogens is 448 g/mol. The van der Waals surface area contributed by atoms with Gasteiger partial charge in [-0.05, 0) is 31.2 Å². The van der Waals surface area contributed by atoms with Gasteiger partial charge >= 0.3 is 5.97 Å². The smallest absolute Gasteiger partial charge is 0.339 e. The molecule has 8 nitrogen and oxygen atoms in total. The van der Waals surface area contributed by atoms with Gasteiger partial charge in [-0.1, -0.05) is 42.5 Å². The molecule has 1 aliphatic rings. The summed E-state index contributed by atoms with van der Waals surface area (Å²) in [6.07, 6.45) is -1.20. The Balaban J connectivity index is 1.34. The van der Waals surface area contributed by atoms with E-state index in [2.05, 4.69) is 10.3 Å². The number of amides is 1. The fourth-order valence-corrected chi connectivity index (χ4v) is 4.07. The molecule has 0 aliphatic heterocycles. The molecule has 1 atom stereocenters. The number of pyridine rings is 1. The molecule has 5 rings (SSSR count). The maximum absolute atomic E-state index is 12.9. The second-order valence-corrected chi connectivity index (χ2v) is 8.09. The Morgan fingerprint density at radius 3 is 2.17 bits per heavy atom. The lowest BCUT2D eigenvalue weighted by atomic mass is 9.84. The number of esters is 1. The predicted molar refractivity (Wildman–Crippen MR) is 128 cm³/mol. The maximum atomic E-state index is 12.9. The van der Waals surface area contributed by atoms with Crippen molar-refractivity contribution in [3.8, 4) is 0 Å². The molecule has 4 aromatic rings.